The quantitative estimate of drug-likeness (QED) is 0.869. The largest absolute Gasteiger partial charge is 0.476 e. The second kappa shape index (κ2) is 5.62. The van der Waals surface area contributed by atoms with E-state index in [1.54, 1.807) is 31.2 Å². The number of thiazole rings is 1. The van der Waals surface area contributed by atoms with Crippen molar-refractivity contribution in [2.75, 3.05) is 6.61 Å². The van der Waals surface area contributed by atoms with Crippen LogP contribution in [0.1, 0.15) is 27.2 Å². The van der Waals surface area contributed by atoms with Crippen LogP contribution in [0.3, 0.4) is 0 Å². The monoisotopic (exact) mass is 277 g/mol. The summed E-state index contributed by atoms with van der Waals surface area (Å²) in [5, 5.41) is 9.20. The van der Waals surface area contributed by atoms with Crippen LogP contribution >= 0.6 is 11.3 Å². The van der Waals surface area contributed by atoms with Crippen molar-refractivity contribution >= 4 is 23.3 Å². The first-order chi connectivity index (χ1) is 9.13. The molecule has 1 aromatic carbocycles. The van der Waals surface area contributed by atoms with Crippen molar-refractivity contribution in [1.29, 1.82) is 0 Å². The van der Waals surface area contributed by atoms with Crippen LogP contribution in [0.2, 0.25) is 0 Å². The highest BCUT2D eigenvalue weighted by molar-refractivity contribution is 7.17. The molecule has 0 amide bonds. The molecule has 1 aromatic heterocycles. The maximum atomic E-state index is 11.6. The molecule has 0 atom stereocenters. The lowest BCUT2D eigenvalue weighted by Crippen LogP contribution is -2.05. The Bertz CT molecular complexity index is 606. The summed E-state index contributed by atoms with van der Waals surface area (Å²) in [6.45, 7) is 1.91. The van der Waals surface area contributed by atoms with Gasteiger partial charge >= 0.3 is 11.9 Å². The third kappa shape index (κ3) is 2.79. The Morgan fingerprint density at radius 1 is 1.32 bits per heavy atom. The highest BCUT2D eigenvalue weighted by atomic mass is 32.1. The van der Waals surface area contributed by atoms with Crippen LogP contribution in [0.5, 0.6) is 0 Å². The number of aromatic nitrogens is 1. The molecular formula is C13H11NO4S. The molecule has 19 heavy (non-hydrogen) atoms. The van der Waals surface area contributed by atoms with Gasteiger partial charge in [-0.3, -0.25) is 0 Å². The number of carboxylic acid groups (broad SMARTS) is 1. The predicted molar refractivity (Wildman–Crippen MR) is 70.5 cm³/mol. The fourth-order valence-electron chi connectivity index (χ4n) is 1.53. The minimum absolute atomic E-state index is 0.0538. The Morgan fingerprint density at radius 2 is 2.00 bits per heavy atom. The second-order valence-electron chi connectivity index (χ2n) is 3.59. The van der Waals surface area contributed by atoms with Crippen molar-refractivity contribution < 1.29 is 19.4 Å². The van der Waals surface area contributed by atoms with Gasteiger partial charge in [0.1, 0.15) is 0 Å². The SMILES string of the molecule is CCOC(=O)c1nc(C(=O)O)c(-c2ccccc2)s1. The van der Waals surface area contributed by atoms with E-state index in [2.05, 4.69) is 4.98 Å². The van der Waals surface area contributed by atoms with Crippen molar-refractivity contribution in [1.82, 2.24) is 4.98 Å². The zero-order chi connectivity index (χ0) is 13.8. The number of esters is 1. The van der Waals surface area contributed by atoms with Crippen LogP contribution in [0.4, 0.5) is 0 Å². The predicted octanol–water partition coefficient (Wildman–Crippen LogP) is 2.69. The lowest BCUT2D eigenvalue weighted by molar-refractivity contribution is 0.0526. The van der Waals surface area contributed by atoms with Gasteiger partial charge in [0.05, 0.1) is 11.5 Å². The molecule has 0 saturated carbocycles. The molecular weight excluding hydrogens is 266 g/mol. The molecule has 0 aliphatic heterocycles. The van der Waals surface area contributed by atoms with Gasteiger partial charge in [0.2, 0.25) is 5.01 Å². The molecule has 5 nitrogen and oxygen atoms in total. The van der Waals surface area contributed by atoms with Gasteiger partial charge < -0.3 is 9.84 Å². The Labute approximate surface area is 113 Å². The fourth-order valence-corrected chi connectivity index (χ4v) is 2.49. The van der Waals surface area contributed by atoms with Gasteiger partial charge in [-0.2, -0.15) is 0 Å². The van der Waals surface area contributed by atoms with Gasteiger partial charge in [0, 0.05) is 0 Å². The standard InChI is InChI=1S/C13H11NO4S/c1-2-18-13(17)11-14-9(12(15)16)10(19-11)8-6-4-3-5-7-8/h3-7H,2H2,1H3,(H,15,16). The zero-order valence-corrected chi connectivity index (χ0v) is 10.9. The lowest BCUT2D eigenvalue weighted by atomic mass is 10.1. The van der Waals surface area contributed by atoms with Crippen molar-refractivity contribution in [2.24, 2.45) is 0 Å². The first kappa shape index (κ1) is 13.2. The number of carbonyl (C=O) groups is 2. The van der Waals surface area contributed by atoms with E-state index >= 15 is 0 Å². The molecule has 6 heteroatoms. The number of carboxylic acids is 1. The molecule has 2 rings (SSSR count). The molecule has 2 aromatic rings. The van der Waals surface area contributed by atoms with E-state index in [4.69, 9.17) is 9.84 Å². The number of nitrogens with zero attached hydrogens (tertiary/aromatic N) is 1. The maximum absolute atomic E-state index is 11.6. The van der Waals surface area contributed by atoms with Gasteiger partial charge in [-0.25, -0.2) is 14.6 Å². The van der Waals surface area contributed by atoms with E-state index in [9.17, 15) is 9.59 Å². The van der Waals surface area contributed by atoms with Crippen LogP contribution in [0.15, 0.2) is 30.3 Å². The summed E-state index contributed by atoms with van der Waals surface area (Å²) in [6.07, 6.45) is 0. The van der Waals surface area contributed by atoms with E-state index in [1.165, 1.54) is 0 Å². The van der Waals surface area contributed by atoms with E-state index in [-0.39, 0.29) is 17.3 Å². The summed E-state index contributed by atoms with van der Waals surface area (Å²) in [7, 11) is 0. The molecule has 0 aliphatic carbocycles. The fraction of sp³-hybridized carbons (Fsp3) is 0.154. The zero-order valence-electron chi connectivity index (χ0n) is 10.1. The minimum atomic E-state index is -1.16. The van der Waals surface area contributed by atoms with Gasteiger partial charge in [0.15, 0.2) is 5.69 Å². The summed E-state index contributed by atoms with van der Waals surface area (Å²) in [4.78, 5) is 27.1. The maximum Gasteiger partial charge on any atom is 0.367 e. The summed E-state index contributed by atoms with van der Waals surface area (Å²) >= 11 is 1.02. The average Bonchev–Trinajstić information content (AvgIpc) is 2.85. The first-order valence-electron chi connectivity index (χ1n) is 5.60. The number of aromatic carboxylic acids is 1. The van der Waals surface area contributed by atoms with Gasteiger partial charge in [-0.15, -0.1) is 11.3 Å². The number of carbonyl (C=O) groups excluding carboxylic acids is 1. The highest BCUT2D eigenvalue weighted by Gasteiger charge is 2.22. The minimum Gasteiger partial charge on any atom is -0.476 e. The molecule has 0 radical (unpaired) electrons. The third-order valence-corrected chi connectivity index (χ3v) is 3.40. The summed E-state index contributed by atoms with van der Waals surface area (Å²) < 4.78 is 4.83. The van der Waals surface area contributed by atoms with Crippen LogP contribution in [-0.2, 0) is 4.74 Å². The second-order valence-corrected chi connectivity index (χ2v) is 4.59. The topological polar surface area (TPSA) is 76.5 Å². The van der Waals surface area contributed by atoms with Gasteiger partial charge in [-0.1, -0.05) is 30.3 Å². The highest BCUT2D eigenvalue weighted by Crippen LogP contribution is 2.30. The Hall–Kier alpha value is -2.21. The first-order valence-corrected chi connectivity index (χ1v) is 6.41. The van der Waals surface area contributed by atoms with Gasteiger partial charge in [-0.05, 0) is 12.5 Å². The summed E-state index contributed by atoms with van der Waals surface area (Å²) in [5.74, 6) is -1.76. The smallest absolute Gasteiger partial charge is 0.367 e. The molecule has 0 fully saturated rings. The Morgan fingerprint density at radius 3 is 2.58 bits per heavy atom. The van der Waals surface area contributed by atoms with Crippen molar-refractivity contribution in [3.8, 4) is 10.4 Å². The molecule has 0 saturated heterocycles. The average molecular weight is 277 g/mol. The summed E-state index contributed by atoms with van der Waals surface area (Å²) in [6, 6.07) is 8.97. The van der Waals surface area contributed by atoms with Crippen LogP contribution in [0, 0.1) is 0 Å². The van der Waals surface area contributed by atoms with E-state index in [0.717, 1.165) is 11.3 Å². The van der Waals surface area contributed by atoms with Gasteiger partial charge in [0.25, 0.3) is 0 Å². The number of ether oxygens (including phenoxy) is 1. The molecule has 0 unspecified atom stereocenters. The molecule has 1 heterocycles. The van der Waals surface area contributed by atoms with E-state index in [0.29, 0.717) is 10.4 Å². The van der Waals surface area contributed by atoms with Crippen LogP contribution in [0.25, 0.3) is 10.4 Å². The molecule has 0 spiro atoms. The molecule has 0 bridgehead atoms. The van der Waals surface area contributed by atoms with Crippen molar-refractivity contribution in [2.45, 2.75) is 6.92 Å². The Balaban J connectivity index is 2.48. The lowest BCUT2D eigenvalue weighted by Gasteiger charge is -1.97. The van der Waals surface area contributed by atoms with Crippen molar-refractivity contribution in [3.63, 3.8) is 0 Å². The van der Waals surface area contributed by atoms with Crippen LogP contribution < -0.4 is 0 Å². The Kier molecular flexibility index (Phi) is 3.91. The van der Waals surface area contributed by atoms with E-state index in [1.807, 2.05) is 6.07 Å². The molecule has 98 valence electrons. The molecule has 1 N–H and O–H groups in total. The number of hydrogen-bond acceptors (Lipinski definition) is 5. The van der Waals surface area contributed by atoms with E-state index < -0.39 is 11.9 Å². The van der Waals surface area contributed by atoms with Crippen molar-refractivity contribution in [3.05, 3.63) is 41.0 Å². The molecule has 0 aliphatic rings. The third-order valence-electron chi connectivity index (χ3n) is 2.32. The number of hydrogen-bond donors (Lipinski definition) is 1. The number of benzene rings is 1. The summed E-state index contributed by atoms with van der Waals surface area (Å²) in [5.41, 5.74) is 0.590. The normalized spacial score (nSPS) is 10.2. The number of rotatable bonds is 4. The van der Waals surface area contributed by atoms with Crippen LogP contribution in [-0.4, -0.2) is 28.6 Å².